The van der Waals surface area contributed by atoms with E-state index in [9.17, 15) is 0 Å². The van der Waals surface area contributed by atoms with Gasteiger partial charge < -0.3 is 4.74 Å². The summed E-state index contributed by atoms with van der Waals surface area (Å²) in [7, 11) is 0. The predicted octanol–water partition coefficient (Wildman–Crippen LogP) is 1.19. The first-order valence-corrected chi connectivity index (χ1v) is 6.33. The van der Waals surface area contributed by atoms with E-state index in [1.54, 1.807) is 0 Å². The van der Waals surface area contributed by atoms with Gasteiger partial charge in [0.15, 0.2) is 0 Å². The van der Waals surface area contributed by atoms with Gasteiger partial charge in [-0.2, -0.15) is 0 Å². The molecular weight excluding hydrogens is 188 g/mol. The largest absolute Gasteiger partial charge is 0.377 e. The summed E-state index contributed by atoms with van der Waals surface area (Å²) in [5.74, 6) is 0. The Hall–Kier alpha value is -0.120. The molecular formula is C12H24N2O. The van der Waals surface area contributed by atoms with Crippen molar-refractivity contribution in [3.8, 4) is 0 Å². The first-order valence-electron chi connectivity index (χ1n) is 6.33. The van der Waals surface area contributed by atoms with Crippen LogP contribution >= 0.6 is 0 Å². The molecule has 2 aliphatic rings. The summed E-state index contributed by atoms with van der Waals surface area (Å²) in [4.78, 5) is 5.08. The lowest BCUT2D eigenvalue weighted by molar-refractivity contribution is 0.0603. The molecule has 3 heteroatoms. The van der Waals surface area contributed by atoms with Gasteiger partial charge in [0.25, 0.3) is 0 Å². The second-order valence-electron chi connectivity index (χ2n) is 5.04. The van der Waals surface area contributed by atoms with Crippen LogP contribution in [0.4, 0.5) is 0 Å². The molecule has 1 aliphatic carbocycles. The van der Waals surface area contributed by atoms with Crippen molar-refractivity contribution in [2.75, 3.05) is 39.3 Å². The number of hydrogen-bond acceptors (Lipinski definition) is 3. The molecule has 1 heterocycles. The van der Waals surface area contributed by atoms with E-state index in [-0.39, 0.29) is 0 Å². The van der Waals surface area contributed by atoms with Crippen molar-refractivity contribution in [3.05, 3.63) is 0 Å². The SMILES string of the molecule is CC(C)N1CCN(CCOC2CC2)CC1. The van der Waals surface area contributed by atoms with E-state index >= 15 is 0 Å². The number of piperazine rings is 1. The summed E-state index contributed by atoms with van der Waals surface area (Å²) in [5, 5.41) is 0. The van der Waals surface area contributed by atoms with Crippen molar-refractivity contribution < 1.29 is 4.74 Å². The molecule has 2 rings (SSSR count). The maximum atomic E-state index is 5.67. The molecule has 2 fully saturated rings. The van der Waals surface area contributed by atoms with Gasteiger partial charge in [0, 0.05) is 38.8 Å². The summed E-state index contributed by atoms with van der Waals surface area (Å²) >= 11 is 0. The molecule has 0 N–H and O–H groups in total. The summed E-state index contributed by atoms with van der Waals surface area (Å²) in [6.45, 7) is 11.5. The van der Waals surface area contributed by atoms with Gasteiger partial charge in [-0.15, -0.1) is 0 Å². The van der Waals surface area contributed by atoms with Gasteiger partial charge >= 0.3 is 0 Å². The Morgan fingerprint density at radius 3 is 2.33 bits per heavy atom. The molecule has 0 unspecified atom stereocenters. The van der Waals surface area contributed by atoms with E-state index < -0.39 is 0 Å². The van der Waals surface area contributed by atoms with Crippen LogP contribution in [-0.4, -0.2) is 61.3 Å². The lowest BCUT2D eigenvalue weighted by atomic mass is 10.2. The van der Waals surface area contributed by atoms with Crippen LogP contribution in [0.15, 0.2) is 0 Å². The number of nitrogens with zero attached hydrogens (tertiary/aromatic N) is 2. The van der Waals surface area contributed by atoms with Crippen LogP contribution in [0.5, 0.6) is 0 Å². The maximum Gasteiger partial charge on any atom is 0.0597 e. The maximum absolute atomic E-state index is 5.67. The topological polar surface area (TPSA) is 15.7 Å². The number of ether oxygens (including phenoxy) is 1. The Morgan fingerprint density at radius 1 is 1.13 bits per heavy atom. The zero-order chi connectivity index (χ0) is 10.7. The molecule has 1 aliphatic heterocycles. The Kier molecular flexibility index (Phi) is 4.00. The minimum atomic E-state index is 0.613. The second-order valence-corrected chi connectivity index (χ2v) is 5.04. The third-order valence-electron chi connectivity index (χ3n) is 3.42. The van der Waals surface area contributed by atoms with Crippen molar-refractivity contribution in [1.82, 2.24) is 9.80 Å². The Bertz CT molecular complexity index is 181. The molecule has 1 saturated carbocycles. The Labute approximate surface area is 93.4 Å². The van der Waals surface area contributed by atoms with Gasteiger partial charge in [0.1, 0.15) is 0 Å². The highest BCUT2D eigenvalue weighted by Gasteiger charge is 2.23. The molecule has 0 radical (unpaired) electrons. The normalized spacial score (nSPS) is 25.0. The van der Waals surface area contributed by atoms with E-state index in [4.69, 9.17) is 4.74 Å². The average Bonchev–Trinajstić information content (AvgIpc) is 3.02. The van der Waals surface area contributed by atoms with Gasteiger partial charge in [-0.05, 0) is 26.7 Å². The molecule has 0 spiro atoms. The van der Waals surface area contributed by atoms with Crippen molar-refractivity contribution in [2.45, 2.75) is 38.8 Å². The summed E-state index contributed by atoms with van der Waals surface area (Å²) in [6.07, 6.45) is 3.20. The van der Waals surface area contributed by atoms with Crippen LogP contribution in [0.1, 0.15) is 26.7 Å². The minimum absolute atomic E-state index is 0.613. The molecule has 0 aromatic rings. The van der Waals surface area contributed by atoms with E-state index in [1.165, 1.54) is 39.0 Å². The minimum Gasteiger partial charge on any atom is -0.377 e. The van der Waals surface area contributed by atoms with E-state index in [0.29, 0.717) is 12.1 Å². The number of rotatable bonds is 5. The van der Waals surface area contributed by atoms with Crippen LogP contribution < -0.4 is 0 Å². The highest BCUT2D eigenvalue weighted by atomic mass is 16.5. The quantitative estimate of drug-likeness (QED) is 0.681. The molecule has 0 aromatic heterocycles. The van der Waals surface area contributed by atoms with Gasteiger partial charge in [-0.3, -0.25) is 9.80 Å². The highest BCUT2D eigenvalue weighted by Crippen LogP contribution is 2.23. The first kappa shape index (κ1) is 11.4. The van der Waals surface area contributed by atoms with Crippen LogP contribution in [0, 0.1) is 0 Å². The van der Waals surface area contributed by atoms with E-state index in [2.05, 4.69) is 23.6 Å². The molecule has 0 aromatic carbocycles. The Balaban J connectivity index is 1.56. The van der Waals surface area contributed by atoms with Crippen LogP contribution in [0.25, 0.3) is 0 Å². The number of hydrogen-bond donors (Lipinski definition) is 0. The van der Waals surface area contributed by atoms with E-state index in [0.717, 1.165) is 13.2 Å². The molecule has 0 atom stereocenters. The van der Waals surface area contributed by atoms with Crippen molar-refractivity contribution in [1.29, 1.82) is 0 Å². The van der Waals surface area contributed by atoms with Crippen LogP contribution in [-0.2, 0) is 4.74 Å². The summed E-state index contributed by atoms with van der Waals surface area (Å²) in [6, 6.07) is 0.704. The van der Waals surface area contributed by atoms with Crippen molar-refractivity contribution >= 4 is 0 Å². The first-order chi connectivity index (χ1) is 7.25. The van der Waals surface area contributed by atoms with Crippen molar-refractivity contribution in [3.63, 3.8) is 0 Å². The zero-order valence-corrected chi connectivity index (χ0v) is 10.1. The van der Waals surface area contributed by atoms with Gasteiger partial charge in [-0.1, -0.05) is 0 Å². The lowest BCUT2D eigenvalue weighted by Crippen LogP contribution is -2.49. The van der Waals surface area contributed by atoms with Gasteiger partial charge in [0.05, 0.1) is 12.7 Å². The third-order valence-corrected chi connectivity index (χ3v) is 3.42. The average molecular weight is 212 g/mol. The fourth-order valence-corrected chi connectivity index (χ4v) is 2.09. The van der Waals surface area contributed by atoms with Gasteiger partial charge in [0.2, 0.25) is 0 Å². The Morgan fingerprint density at radius 2 is 1.80 bits per heavy atom. The predicted molar refractivity (Wildman–Crippen MR) is 62.1 cm³/mol. The molecule has 0 amide bonds. The highest BCUT2D eigenvalue weighted by molar-refractivity contribution is 4.76. The lowest BCUT2D eigenvalue weighted by Gasteiger charge is -2.36. The fraction of sp³-hybridized carbons (Fsp3) is 1.00. The molecule has 15 heavy (non-hydrogen) atoms. The second kappa shape index (κ2) is 5.28. The standard InChI is InChI=1S/C12H24N2O/c1-11(2)14-7-5-13(6-8-14)9-10-15-12-3-4-12/h11-12H,3-10H2,1-2H3. The monoisotopic (exact) mass is 212 g/mol. The zero-order valence-electron chi connectivity index (χ0n) is 10.1. The van der Waals surface area contributed by atoms with E-state index in [1.807, 2.05) is 0 Å². The molecule has 1 saturated heterocycles. The third kappa shape index (κ3) is 3.74. The van der Waals surface area contributed by atoms with Crippen LogP contribution in [0.2, 0.25) is 0 Å². The molecule has 0 bridgehead atoms. The smallest absolute Gasteiger partial charge is 0.0597 e. The fourth-order valence-electron chi connectivity index (χ4n) is 2.09. The van der Waals surface area contributed by atoms with Gasteiger partial charge in [-0.25, -0.2) is 0 Å². The van der Waals surface area contributed by atoms with Crippen molar-refractivity contribution in [2.24, 2.45) is 0 Å². The van der Waals surface area contributed by atoms with Crippen LogP contribution in [0.3, 0.4) is 0 Å². The summed E-state index contributed by atoms with van der Waals surface area (Å²) < 4.78 is 5.67. The summed E-state index contributed by atoms with van der Waals surface area (Å²) in [5.41, 5.74) is 0. The molecule has 3 nitrogen and oxygen atoms in total. The molecule has 88 valence electrons.